The second kappa shape index (κ2) is 5.14. The molecule has 2 unspecified atom stereocenters. The standard InChI is InChI=1S/C15H19ClN2O/c1-10-4-3-5-13-15(10)17-14(9-16)18(13)11-6-7-12(8-11)19-2/h3-5,11-12H,6-9H2,1-2H3. The van der Waals surface area contributed by atoms with Crippen molar-refractivity contribution in [2.24, 2.45) is 0 Å². The van der Waals surface area contributed by atoms with Crippen molar-refractivity contribution < 1.29 is 4.74 Å². The predicted octanol–water partition coefficient (Wildman–Crippen LogP) is 3.82. The number of aromatic nitrogens is 2. The highest BCUT2D eigenvalue weighted by atomic mass is 35.5. The SMILES string of the molecule is COC1CCC(n2c(CCl)nc3c(C)cccc32)C1. The molecule has 0 N–H and O–H groups in total. The third-order valence-corrected chi connectivity index (χ3v) is 4.41. The molecule has 0 bridgehead atoms. The van der Waals surface area contributed by atoms with Crippen LogP contribution in [0.15, 0.2) is 18.2 Å². The van der Waals surface area contributed by atoms with Gasteiger partial charge in [0.2, 0.25) is 0 Å². The lowest BCUT2D eigenvalue weighted by Gasteiger charge is -2.16. The van der Waals surface area contributed by atoms with E-state index in [1.165, 1.54) is 11.1 Å². The predicted molar refractivity (Wildman–Crippen MR) is 77.7 cm³/mol. The minimum Gasteiger partial charge on any atom is -0.381 e. The normalized spacial score (nSPS) is 23.3. The number of alkyl halides is 1. The van der Waals surface area contributed by atoms with Gasteiger partial charge in [-0.25, -0.2) is 4.98 Å². The van der Waals surface area contributed by atoms with Gasteiger partial charge < -0.3 is 9.30 Å². The Bertz CT molecular complexity index is 593. The molecule has 0 radical (unpaired) electrons. The largest absolute Gasteiger partial charge is 0.381 e. The quantitative estimate of drug-likeness (QED) is 0.798. The molecule has 1 aromatic heterocycles. The molecule has 2 aromatic rings. The van der Waals surface area contributed by atoms with Gasteiger partial charge in [0.1, 0.15) is 5.82 Å². The second-order valence-electron chi connectivity index (χ2n) is 5.30. The summed E-state index contributed by atoms with van der Waals surface area (Å²) in [6.45, 7) is 2.10. The third-order valence-electron chi connectivity index (χ3n) is 4.17. The van der Waals surface area contributed by atoms with Crippen LogP contribution in [0, 0.1) is 6.92 Å². The van der Waals surface area contributed by atoms with Crippen LogP contribution in [0.5, 0.6) is 0 Å². The lowest BCUT2D eigenvalue weighted by molar-refractivity contribution is 0.106. The van der Waals surface area contributed by atoms with Crippen LogP contribution in [0.1, 0.15) is 36.7 Å². The van der Waals surface area contributed by atoms with E-state index < -0.39 is 0 Å². The molecule has 0 saturated heterocycles. The smallest absolute Gasteiger partial charge is 0.125 e. The maximum absolute atomic E-state index is 6.09. The molecule has 1 aliphatic rings. The zero-order chi connectivity index (χ0) is 13.4. The molecule has 2 atom stereocenters. The number of methoxy groups -OCH3 is 1. The van der Waals surface area contributed by atoms with Gasteiger partial charge in [-0.05, 0) is 37.8 Å². The zero-order valence-corrected chi connectivity index (χ0v) is 12.2. The van der Waals surface area contributed by atoms with Crippen LogP contribution >= 0.6 is 11.6 Å². The average Bonchev–Trinajstić information content (AvgIpc) is 3.02. The van der Waals surface area contributed by atoms with E-state index in [-0.39, 0.29) is 0 Å². The fourth-order valence-electron chi connectivity index (χ4n) is 3.17. The van der Waals surface area contributed by atoms with Gasteiger partial charge in [-0.1, -0.05) is 12.1 Å². The molecular weight excluding hydrogens is 260 g/mol. The van der Waals surface area contributed by atoms with Gasteiger partial charge in [0.05, 0.1) is 23.0 Å². The molecule has 1 fully saturated rings. The van der Waals surface area contributed by atoms with Gasteiger partial charge in [0.25, 0.3) is 0 Å². The number of fused-ring (bicyclic) bond motifs is 1. The Labute approximate surface area is 118 Å². The molecular formula is C15H19ClN2O. The summed E-state index contributed by atoms with van der Waals surface area (Å²) in [5, 5.41) is 0. The minimum atomic E-state index is 0.371. The van der Waals surface area contributed by atoms with E-state index in [1.54, 1.807) is 7.11 Å². The van der Waals surface area contributed by atoms with E-state index in [0.717, 1.165) is 30.6 Å². The van der Waals surface area contributed by atoms with E-state index in [0.29, 0.717) is 18.0 Å². The average molecular weight is 279 g/mol. The van der Waals surface area contributed by atoms with Crippen LogP contribution in [0.3, 0.4) is 0 Å². The van der Waals surface area contributed by atoms with Crippen LogP contribution in [0.25, 0.3) is 11.0 Å². The molecule has 3 rings (SSSR count). The van der Waals surface area contributed by atoms with Crippen molar-refractivity contribution in [3.63, 3.8) is 0 Å². The highest BCUT2D eigenvalue weighted by molar-refractivity contribution is 6.16. The topological polar surface area (TPSA) is 27.1 Å². The molecule has 1 saturated carbocycles. The van der Waals surface area contributed by atoms with Gasteiger partial charge in [-0.3, -0.25) is 0 Å². The van der Waals surface area contributed by atoms with E-state index >= 15 is 0 Å². The first kappa shape index (κ1) is 12.9. The molecule has 1 aromatic carbocycles. The molecule has 1 aliphatic carbocycles. The maximum Gasteiger partial charge on any atom is 0.125 e. The zero-order valence-electron chi connectivity index (χ0n) is 11.4. The Balaban J connectivity index is 2.09. The second-order valence-corrected chi connectivity index (χ2v) is 5.57. The highest BCUT2D eigenvalue weighted by Crippen LogP contribution is 2.36. The summed E-state index contributed by atoms with van der Waals surface area (Å²) in [6, 6.07) is 6.80. The summed E-state index contributed by atoms with van der Waals surface area (Å²) >= 11 is 6.09. The molecule has 4 heteroatoms. The van der Waals surface area contributed by atoms with Crippen molar-refractivity contribution >= 4 is 22.6 Å². The lowest BCUT2D eigenvalue weighted by Crippen LogP contribution is -2.11. The van der Waals surface area contributed by atoms with Crippen molar-refractivity contribution in [1.29, 1.82) is 0 Å². The van der Waals surface area contributed by atoms with Crippen molar-refractivity contribution in [3.8, 4) is 0 Å². The van der Waals surface area contributed by atoms with Crippen LogP contribution < -0.4 is 0 Å². The summed E-state index contributed by atoms with van der Waals surface area (Å²) in [4.78, 5) is 4.72. The van der Waals surface area contributed by atoms with Crippen molar-refractivity contribution in [2.75, 3.05) is 7.11 Å². The molecule has 0 amide bonds. The van der Waals surface area contributed by atoms with Gasteiger partial charge >= 0.3 is 0 Å². The van der Waals surface area contributed by atoms with Crippen LogP contribution in [0.2, 0.25) is 0 Å². The van der Waals surface area contributed by atoms with Crippen LogP contribution in [-0.4, -0.2) is 22.8 Å². The van der Waals surface area contributed by atoms with Crippen molar-refractivity contribution in [1.82, 2.24) is 9.55 Å². The fraction of sp³-hybridized carbons (Fsp3) is 0.533. The van der Waals surface area contributed by atoms with Gasteiger partial charge in [0.15, 0.2) is 0 Å². The Morgan fingerprint density at radius 1 is 1.42 bits per heavy atom. The molecule has 102 valence electrons. The number of halogens is 1. The van der Waals surface area contributed by atoms with Crippen molar-refractivity contribution in [3.05, 3.63) is 29.6 Å². The summed E-state index contributed by atoms with van der Waals surface area (Å²) < 4.78 is 7.81. The summed E-state index contributed by atoms with van der Waals surface area (Å²) in [6.07, 6.45) is 3.69. The Morgan fingerprint density at radius 3 is 2.95 bits per heavy atom. The van der Waals surface area contributed by atoms with Crippen molar-refractivity contribution in [2.45, 2.75) is 44.2 Å². The summed E-state index contributed by atoms with van der Waals surface area (Å²) in [5.41, 5.74) is 3.50. The first-order chi connectivity index (χ1) is 9.24. The first-order valence-electron chi connectivity index (χ1n) is 6.79. The van der Waals surface area contributed by atoms with E-state index in [2.05, 4.69) is 29.7 Å². The Kier molecular flexibility index (Phi) is 3.50. The van der Waals surface area contributed by atoms with Gasteiger partial charge in [0, 0.05) is 13.2 Å². The number of hydrogen-bond acceptors (Lipinski definition) is 2. The number of aryl methyl sites for hydroxylation is 1. The Morgan fingerprint density at radius 2 is 2.26 bits per heavy atom. The molecule has 0 spiro atoms. The number of nitrogens with zero attached hydrogens (tertiary/aromatic N) is 2. The highest BCUT2D eigenvalue weighted by Gasteiger charge is 2.28. The van der Waals surface area contributed by atoms with E-state index in [4.69, 9.17) is 21.3 Å². The number of rotatable bonds is 3. The van der Waals surface area contributed by atoms with Gasteiger partial charge in [-0.15, -0.1) is 11.6 Å². The number of para-hydroxylation sites is 1. The van der Waals surface area contributed by atoms with Crippen LogP contribution in [0.4, 0.5) is 0 Å². The van der Waals surface area contributed by atoms with E-state index in [9.17, 15) is 0 Å². The molecule has 0 aliphatic heterocycles. The number of ether oxygens (including phenoxy) is 1. The number of imidazole rings is 1. The molecule has 19 heavy (non-hydrogen) atoms. The summed E-state index contributed by atoms with van der Waals surface area (Å²) in [5.74, 6) is 1.44. The Hall–Kier alpha value is -1.06. The molecule has 3 nitrogen and oxygen atoms in total. The minimum absolute atomic E-state index is 0.371. The fourth-order valence-corrected chi connectivity index (χ4v) is 3.36. The van der Waals surface area contributed by atoms with Gasteiger partial charge in [-0.2, -0.15) is 0 Å². The number of hydrogen-bond donors (Lipinski definition) is 0. The summed E-state index contributed by atoms with van der Waals surface area (Å²) in [7, 11) is 1.80. The van der Waals surface area contributed by atoms with E-state index in [1.807, 2.05) is 0 Å². The third kappa shape index (κ3) is 2.15. The first-order valence-corrected chi connectivity index (χ1v) is 7.33. The monoisotopic (exact) mass is 278 g/mol. The lowest BCUT2D eigenvalue weighted by atomic mass is 10.2. The molecule has 1 heterocycles. The maximum atomic E-state index is 6.09. The van der Waals surface area contributed by atoms with Crippen LogP contribution in [-0.2, 0) is 10.6 Å². The number of benzene rings is 1.